The van der Waals surface area contributed by atoms with E-state index in [1.165, 1.54) is 7.11 Å². The fourth-order valence-electron chi connectivity index (χ4n) is 4.75. The molecular weight excluding hydrogens is 447 g/mol. The average molecular weight is 476 g/mol. The molecule has 182 valence electrons. The molecule has 1 fully saturated rings. The van der Waals surface area contributed by atoms with Gasteiger partial charge in [0.25, 0.3) is 0 Å². The zero-order valence-electron chi connectivity index (χ0n) is 19.6. The molecule has 0 bridgehead atoms. The Bertz CT molecular complexity index is 1190. The van der Waals surface area contributed by atoms with Crippen molar-refractivity contribution in [2.24, 2.45) is 17.8 Å². The van der Waals surface area contributed by atoms with E-state index >= 15 is 0 Å². The summed E-state index contributed by atoms with van der Waals surface area (Å²) in [6.45, 7) is 6.30. The van der Waals surface area contributed by atoms with E-state index in [4.69, 9.17) is 9.47 Å². The van der Waals surface area contributed by atoms with Crippen LogP contribution in [-0.4, -0.2) is 33.8 Å². The first-order chi connectivity index (χ1) is 16.1. The minimum Gasteiger partial charge on any atom is -0.496 e. The average Bonchev–Trinajstić information content (AvgIpc) is 3.21. The standard InChI is InChI=1S/C25H28F3N3O3/c1-14(2)16-10-9-15(3)11-21(16)34-24(32)18-13-29-31-22(25(26,27)28)12-19(30-23(18)31)17-7-5-6-8-20(17)33-4/h5-8,12-16,21H,9-11H2,1-4H3/t15-,16+,21-/m1/s1. The summed E-state index contributed by atoms with van der Waals surface area (Å²) in [6, 6.07) is 7.55. The molecule has 34 heavy (non-hydrogen) atoms. The second kappa shape index (κ2) is 9.27. The number of ether oxygens (including phenoxy) is 2. The Kier molecular flexibility index (Phi) is 6.55. The van der Waals surface area contributed by atoms with Crippen LogP contribution in [0, 0.1) is 17.8 Å². The maximum absolute atomic E-state index is 13.9. The first kappa shape index (κ1) is 24.0. The summed E-state index contributed by atoms with van der Waals surface area (Å²) in [5, 5.41) is 3.85. The van der Waals surface area contributed by atoms with Gasteiger partial charge in [0, 0.05) is 5.56 Å². The van der Waals surface area contributed by atoms with Crippen LogP contribution in [0.15, 0.2) is 36.5 Å². The number of halogens is 3. The molecule has 0 unspecified atom stereocenters. The molecule has 9 heteroatoms. The molecule has 3 atom stereocenters. The van der Waals surface area contributed by atoms with Crippen LogP contribution in [0.4, 0.5) is 13.2 Å². The number of alkyl halides is 3. The lowest BCUT2D eigenvalue weighted by Gasteiger charge is -2.36. The van der Waals surface area contributed by atoms with Crippen LogP contribution in [-0.2, 0) is 10.9 Å². The molecule has 0 spiro atoms. The van der Waals surface area contributed by atoms with Crippen LogP contribution in [0.5, 0.6) is 5.75 Å². The molecule has 1 aliphatic rings. The Balaban J connectivity index is 1.79. The normalized spacial score (nSPS) is 21.1. The van der Waals surface area contributed by atoms with Crippen LogP contribution < -0.4 is 4.74 Å². The molecule has 2 aromatic heterocycles. The molecule has 1 saturated carbocycles. The minimum absolute atomic E-state index is 0.0261. The van der Waals surface area contributed by atoms with Crippen molar-refractivity contribution in [3.8, 4) is 17.0 Å². The van der Waals surface area contributed by atoms with Crippen LogP contribution >= 0.6 is 0 Å². The van der Waals surface area contributed by atoms with Gasteiger partial charge in [0.15, 0.2) is 11.3 Å². The first-order valence-electron chi connectivity index (χ1n) is 11.4. The molecule has 2 heterocycles. The van der Waals surface area contributed by atoms with Crippen molar-refractivity contribution in [3.63, 3.8) is 0 Å². The number of nitrogens with zero attached hydrogens (tertiary/aromatic N) is 3. The predicted octanol–water partition coefficient (Wildman–Crippen LogP) is 6.04. The van der Waals surface area contributed by atoms with Gasteiger partial charge < -0.3 is 9.47 Å². The Morgan fingerprint density at radius 2 is 1.94 bits per heavy atom. The van der Waals surface area contributed by atoms with Gasteiger partial charge >= 0.3 is 12.1 Å². The van der Waals surface area contributed by atoms with E-state index in [1.807, 2.05) is 0 Å². The maximum atomic E-state index is 13.9. The second-order valence-electron chi connectivity index (χ2n) is 9.29. The van der Waals surface area contributed by atoms with Crippen LogP contribution in [0.3, 0.4) is 0 Å². The van der Waals surface area contributed by atoms with E-state index in [-0.39, 0.29) is 28.9 Å². The van der Waals surface area contributed by atoms with Crippen molar-refractivity contribution in [2.45, 2.75) is 52.3 Å². The van der Waals surface area contributed by atoms with Gasteiger partial charge in [-0.05, 0) is 48.8 Å². The third kappa shape index (κ3) is 4.60. The summed E-state index contributed by atoms with van der Waals surface area (Å²) in [5.41, 5.74) is -0.935. The van der Waals surface area contributed by atoms with E-state index in [0.717, 1.165) is 31.5 Å². The highest BCUT2D eigenvalue weighted by molar-refractivity contribution is 5.96. The molecule has 1 aliphatic carbocycles. The number of carbonyl (C=O) groups is 1. The number of fused-ring (bicyclic) bond motifs is 1. The largest absolute Gasteiger partial charge is 0.496 e. The van der Waals surface area contributed by atoms with Crippen LogP contribution in [0.25, 0.3) is 16.9 Å². The Labute approximate surface area is 196 Å². The minimum atomic E-state index is -4.72. The fourth-order valence-corrected chi connectivity index (χ4v) is 4.75. The van der Waals surface area contributed by atoms with Crippen molar-refractivity contribution in [1.82, 2.24) is 14.6 Å². The number of benzene rings is 1. The van der Waals surface area contributed by atoms with E-state index in [0.29, 0.717) is 27.7 Å². The molecule has 1 aromatic carbocycles. The number of aromatic nitrogens is 3. The molecule has 0 aliphatic heterocycles. The SMILES string of the molecule is COc1ccccc1-c1cc(C(F)(F)F)n2ncc(C(=O)O[C@@H]3C[C@H](C)CC[C@H]3C(C)C)c2n1. The summed E-state index contributed by atoms with van der Waals surface area (Å²) < 4.78 is 53.6. The second-order valence-corrected chi connectivity index (χ2v) is 9.29. The third-order valence-corrected chi connectivity index (χ3v) is 6.58. The van der Waals surface area contributed by atoms with Crippen molar-refractivity contribution in [3.05, 3.63) is 47.8 Å². The first-order valence-corrected chi connectivity index (χ1v) is 11.4. The van der Waals surface area contributed by atoms with E-state index in [2.05, 4.69) is 30.9 Å². The van der Waals surface area contributed by atoms with Crippen molar-refractivity contribution < 1.29 is 27.4 Å². The molecule has 0 radical (unpaired) electrons. The zero-order valence-corrected chi connectivity index (χ0v) is 19.6. The van der Waals surface area contributed by atoms with E-state index in [9.17, 15) is 18.0 Å². The van der Waals surface area contributed by atoms with Gasteiger partial charge in [-0.15, -0.1) is 0 Å². The zero-order chi connectivity index (χ0) is 24.6. The third-order valence-electron chi connectivity index (χ3n) is 6.58. The highest BCUT2D eigenvalue weighted by Crippen LogP contribution is 2.37. The molecular formula is C25H28F3N3O3. The van der Waals surface area contributed by atoms with Gasteiger partial charge in [-0.25, -0.2) is 14.3 Å². The van der Waals surface area contributed by atoms with Gasteiger partial charge in [-0.3, -0.25) is 0 Å². The molecule has 6 nitrogen and oxygen atoms in total. The van der Waals surface area contributed by atoms with Crippen LogP contribution in [0.2, 0.25) is 0 Å². The Morgan fingerprint density at radius 3 is 2.62 bits per heavy atom. The number of rotatable bonds is 5. The molecule has 3 aromatic rings. The topological polar surface area (TPSA) is 65.7 Å². The Hall–Kier alpha value is -3.10. The highest BCUT2D eigenvalue weighted by atomic mass is 19.4. The monoisotopic (exact) mass is 475 g/mol. The molecule has 0 N–H and O–H groups in total. The maximum Gasteiger partial charge on any atom is 0.433 e. The molecule has 0 amide bonds. The highest BCUT2D eigenvalue weighted by Gasteiger charge is 2.38. The van der Waals surface area contributed by atoms with Gasteiger partial charge in [0.1, 0.15) is 17.4 Å². The molecule has 0 saturated heterocycles. The van der Waals surface area contributed by atoms with E-state index < -0.39 is 17.8 Å². The van der Waals surface area contributed by atoms with E-state index in [1.54, 1.807) is 24.3 Å². The summed E-state index contributed by atoms with van der Waals surface area (Å²) >= 11 is 0. The lowest BCUT2D eigenvalue weighted by atomic mass is 9.75. The van der Waals surface area contributed by atoms with Crippen LogP contribution in [0.1, 0.15) is 56.1 Å². The lowest BCUT2D eigenvalue weighted by Crippen LogP contribution is -2.35. The summed E-state index contributed by atoms with van der Waals surface area (Å²) in [5.74, 6) is 0.583. The van der Waals surface area contributed by atoms with Gasteiger partial charge in [-0.2, -0.15) is 18.3 Å². The number of para-hydroxylation sites is 1. The van der Waals surface area contributed by atoms with Gasteiger partial charge in [0.05, 0.1) is 19.0 Å². The summed E-state index contributed by atoms with van der Waals surface area (Å²) in [7, 11) is 1.43. The van der Waals surface area contributed by atoms with Crippen molar-refractivity contribution >= 4 is 11.6 Å². The summed E-state index contributed by atoms with van der Waals surface area (Å²) in [6.07, 6.45) is -1.19. The van der Waals surface area contributed by atoms with Crippen molar-refractivity contribution in [1.29, 1.82) is 0 Å². The number of carbonyl (C=O) groups excluding carboxylic acids is 1. The Morgan fingerprint density at radius 1 is 1.21 bits per heavy atom. The summed E-state index contributed by atoms with van der Waals surface area (Å²) in [4.78, 5) is 17.6. The lowest BCUT2D eigenvalue weighted by molar-refractivity contribution is -0.142. The van der Waals surface area contributed by atoms with Crippen molar-refractivity contribution in [2.75, 3.05) is 7.11 Å². The number of hydrogen-bond donors (Lipinski definition) is 0. The fraction of sp³-hybridized carbons (Fsp3) is 0.480. The molecule has 4 rings (SSSR count). The smallest absolute Gasteiger partial charge is 0.433 e. The predicted molar refractivity (Wildman–Crippen MR) is 121 cm³/mol. The quantitative estimate of drug-likeness (QED) is 0.421. The number of hydrogen-bond acceptors (Lipinski definition) is 5. The number of esters is 1. The van der Waals surface area contributed by atoms with Gasteiger partial charge in [0.2, 0.25) is 0 Å². The van der Waals surface area contributed by atoms with Gasteiger partial charge in [-0.1, -0.05) is 39.3 Å². The number of methoxy groups -OCH3 is 1.